The summed E-state index contributed by atoms with van der Waals surface area (Å²) in [6, 6.07) is 14.7. The van der Waals surface area contributed by atoms with Crippen molar-refractivity contribution in [1.82, 2.24) is 8.61 Å². The van der Waals surface area contributed by atoms with Crippen molar-refractivity contribution < 1.29 is 13.2 Å². The van der Waals surface area contributed by atoms with E-state index < -0.39 is 10.2 Å². The van der Waals surface area contributed by atoms with E-state index in [1.54, 1.807) is 18.2 Å². The van der Waals surface area contributed by atoms with Crippen LogP contribution in [0.5, 0.6) is 0 Å². The van der Waals surface area contributed by atoms with E-state index in [1.165, 1.54) is 14.2 Å². The van der Waals surface area contributed by atoms with E-state index in [2.05, 4.69) is 12.2 Å². The molecule has 1 saturated heterocycles. The largest absolute Gasteiger partial charge is 0.325 e. The van der Waals surface area contributed by atoms with Crippen molar-refractivity contribution in [2.45, 2.75) is 19.9 Å². The van der Waals surface area contributed by atoms with Crippen LogP contribution in [0, 0.1) is 0 Å². The minimum atomic E-state index is -3.69. The van der Waals surface area contributed by atoms with Gasteiger partial charge in [0.05, 0.1) is 6.54 Å². The van der Waals surface area contributed by atoms with Crippen molar-refractivity contribution in [2.24, 2.45) is 0 Å². The fourth-order valence-electron chi connectivity index (χ4n) is 2.94. The Bertz CT molecular complexity index is 916. The number of carbonyl (C=O) groups is 1. The first-order valence-electron chi connectivity index (χ1n) is 8.77. The summed E-state index contributed by atoms with van der Waals surface area (Å²) in [7, 11) is -3.69. The molecule has 0 aromatic heterocycles. The van der Waals surface area contributed by atoms with Crippen LogP contribution in [0.1, 0.15) is 18.1 Å². The normalized spacial score (nSPS) is 17.1. The Morgan fingerprint density at radius 3 is 2.41 bits per heavy atom. The molecule has 1 N–H and O–H groups in total. The highest BCUT2D eigenvalue weighted by Gasteiger charge is 2.37. The summed E-state index contributed by atoms with van der Waals surface area (Å²) in [5.74, 6) is -0.359. The second kappa shape index (κ2) is 8.39. The summed E-state index contributed by atoms with van der Waals surface area (Å²) in [4.78, 5) is 12.3. The quantitative estimate of drug-likeness (QED) is 0.800. The maximum atomic E-state index is 12.7. The zero-order valence-corrected chi connectivity index (χ0v) is 16.6. The number of hydrogen-bond donors (Lipinski definition) is 1. The topological polar surface area (TPSA) is 69.7 Å². The number of amides is 1. The number of benzene rings is 2. The van der Waals surface area contributed by atoms with Crippen LogP contribution in [0.25, 0.3) is 0 Å². The van der Waals surface area contributed by atoms with Gasteiger partial charge in [-0.3, -0.25) is 4.79 Å². The molecule has 0 spiro atoms. The molecule has 2 aromatic carbocycles. The van der Waals surface area contributed by atoms with Gasteiger partial charge in [-0.2, -0.15) is 17.0 Å². The average Bonchev–Trinajstić information content (AvgIpc) is 2.91. The molecule has 8 heteroatoms. The maximum Gasteiger partial charge on any atom is 0.282 e. The van der Waals surface area contributed by atoms with E-state index in [1.807, 2.05) is 30.3 Å². The molecule has 3 rings (SSSR count). The Kier molecular flexibility index (Phi) is 6.16. The molecule has 1 fully saturated rings. The van der Waals surface area contributed by atoms with Crippen LogP contribution < -0.4 is 5.32 Å². The molecule has 0 unspecified atom stereocenters. The molecule has 1 aliphatic rings. The number of anilines is 1. The Balaban J connectivity index is 1.62. The van der Waals surface area contributed by atoms with E-state index in [0.717, 1.165) is 12.0 Å². The summed E-state index contributed by atoms with van der Waals surface area (Å²) in [6.45, 7) is 2.64. The lowest BCUT2D eigenvalue weighted by Crippen LogP contribution is -2.37. The van der Waals surface area contributed by atoms with E-state index in [-0.39, 0.29) is 25.5 Å². The van der Waals surface area contributed by atoms with Crippen LogP contribution >= 0.6 is 11.6 Å². The highest BCUT2D eigenvalue weighted by atomic mass is 35.5. The van der Waals surface area contributed by atoms with Crippen LogP contribution in [0.4, 0.5) is 5.69 Å². The fraction of sp³-hybridized carbons (Fsp3) is 0.316. The number of halogens is 1. The third-order valence-electron chi connectivity index (χ3n) is 4.52. The van der Waals surface area contributed by atoms with Gasteiger partial charge in [0.2, 0.25) is 5.91 Å². The Morgan fingerprint density at radius 2 is 1.74 bits per heavy atom. The first-order valence-corrected chi connectivity index (χ1v) is 10.5. The molecule has 144 valence electrons. The zero-order valence-electron chi connectivity index (χ0n) is 15.1. The zero-order chi connectivity index (χ0) is 19.4. The van der Waals surface area contributed by atoms with E-state index >= 15 is 0 Å². The molecular formula is C19H22ClN3O3S. The first kappa shape index (κ1) is 19.8. The van der Waals surface area contributed by atoms with Crippen LogP contribution in [-0.2, 0) is 28.0 Å². The molecule has 0 saturated carbocycles. The molecule has 0 atom stereocenters. The van der Waals surface area contributed by atoms with Gasteiger partial charge in [-0.25, -0.2) is 0 Å². The van der Waals surface area contributed by atoms with Crippen molar-refractivity contribution in [3.63, 3.8) is 0 Å². The monoisotopic (exact) mass is 407 g/mol. The fourth-order valence-corrected chi connectivity index (χ4v) is 4.67. The number of rotatable bonds is 6. The molecule has 0 bridgehead atoms. The first-order chi connectivity index (χ1) is 12.9. The highest BCUT2D eigenvalue weighted by Crippen LogP contribution is 2.23. The molecule has 2 aromatic rings. The molecule has 27 heavy (non-hydrogen) atoms. The van der Waals surface area contributed by atoms with Crippen molar-refractivity contribution in [3.8, 4) is 0 Å². The molecule has 1 aliphatic heterocycles. The van der Waals surface area contributed by atoms with Crippen LogP contribution in [0.15, 0.2) is 48.5 Å². The molecule has 6 nitrogen and oxygen atoms in total. The molecular weight excluding hydrogens is 386 g/mol. The standard InChI is InChI=1S/C19H22ClN3O3S/c1-2-15-7-9-17(10-8-15)21-19(24)14-23-12-11-22(27(23,25)26)13-16-5-3-4-6-18(16)20/h3-10H,2,11-14H2,1H3,(H,21,24). The molecule has 1 heterocycles. The summed E-state index contributed by atoms with van der Waals surface area (Å²) in [5, 5.41) is 3.27. The minimum Gasteiger partial charge on any atom is -0.325 e. The molecule has 1 amide bonds. The second-order valence-corrected chi connectivity index (χ2v) is 8.70. The molecule has 0 aliphatic carbocycles. The van der Waals surface area contributed by atoms with E-state index in [4.69, 9.17) is 11.6 Å². The predicted octanol–water partition coefficient (Wildman–Crippen LogP) is 2.90. The smallest absolute Gasteiger partial charge is 0.282 e. The van der Waals surface area contributed by atoms with Gasteiger partial charge >= 0.3 is 0 Å². The third kappa shape index (κ3) is 4.68. The van der Waals surface area contributed by atoms with Gasteiger partial charge in [0.25, 0.3) is 10.2 Å². The summed E-state index contributed by atoms with van der Waals surface area (Å²) in [6.07, 6.45) is 0.918. The number of nitrogens with one attached hydrogen (secondary N) is 1. The Labute approximate surface area is 164 Å². The lowest BCUT2D eigenvalue weighted by molar-refractivity contribution is -0.116. The lowest BCUT2D eigenvalue weighted by atomic mass is 10.1. The van der Waals surface area contributed by atoms with E-state index in [9.17, 15) is 13.2 Å². The van der Waals surface area contributed by atoms with Gasteiger partial charge in [0.1, 0.15) is 0 Å². The third-order valence-corrected chi connectivity index (χ3v) is 6.82. The molecule has 0 radical (unpaired) electrons. The van der Waals surface area contributed by atoms with Gasteiger partial charge < -0.3 is 5.32 Å². The van der Waals surface area contributed by atoms with Gasteiger partial charge in [0, 0.05) is 30.3 Å². The van der Waals surface area contributed by atoms with E-state index in [0.29, 0.717) is 17.3 Å². The number of carbonyl (C=O) groups excluding carboxylic acids is 1. The number of aryl methyl sites for hydroxylation is 1. The van der Waals surface area contributed by atoms with Crippen molar-refractivity contribution >= 4 is 33.4 Å². The maximum absolute atomic E-state index is 12.7. The highest BCUT2D eigenvalue weighted by molar-refractivity contribution is 7.87. The van der Waals surface area contributed by atoms with Gasteiger partial charge in [-0.15, -0.1) is 0 Å². The van der Waals surface area contributed by atoms with Crippen LogP contribution in [0.2, 0.25) is 5.02 Å². The Hall–Kier alpha value is -1.93. The number of hydrogen-bond acceptors (Lipinski definition) is 3. The van der Waals surface area contributed by atoms with Crippen molar-refractivity contribution in [1.29, 1.82) is 0 Å². The van der Waals surface area contributed by atoms with Gasteiger partial charge in [0.15, 0.2) is 0 Å². The predicted molar refractivity (Wildman–Crippen MR) is 107 cm³/mol. The summed E-state index contributed by atoms with van der Waals surface area (Å²) < 4.78 is 28.0. The summed E-state index contributed by atoms with van der Waals surface area (Å²) in [5.41, 5.74) is 2.57. The summed E-state index contributed by atoms with van der Waals surface area (Å²) >= 11 is 6.13. The second-order valence-electron chi connectivity index (χ2n) is 6.36. The van der Waals surface area contributed by atoms with Crippen LogP contribution in [-0.4, -0.2) is 42.6 Å². The lowest BCUT2D eigenvalue weighted by Gasteiger charge is -2.19. The minimum absolute atomic E-state index is 0.193. The van der Waals surface area contributed by atoms with Gasteiger partial charge in [-0.05, 0) is 35.7 Å². The van der Waals surface area contributed by atoms with Crippen molar-refractivity contribution in [2.75, 3.05) is 25.0 Å². The average molecular weight is 408 g/mol. The SMILES string of the molecule is CCc1ccc(NC(=O)CN2CCN(Cc3ccccc3Cl)S2(=O)=O)cc1. The van der Waals surface area contributed by atoms with Gasteiger partial charge in [-0.1, -0.05) is 48.9 Å². The Morgan fingerprint density at radius 1 is 1.07 bits per heavy atom. The number of nitrogens with zero attached hydrogens (tertiary/aromatic N) is 2. The van der Waals surface area contributed by atoms with Crippen molar-refractivity contribution in [3.05, 3.63) is 64.7 Å². The van der Waals surface area contributed by atoms with Crippen LogP contribution in [0.3, 0.4) is 0 Å².